The van der Waals surface area contributed by atoms with E-state index in [0.29, 0.717) is 0 Å². The number of benzene rings is 3. The molecule has 3 aromatic rings. The van der Waals surface area contributed by atoms with Crippen LogP contribution in [0.3, 0.4) is 0 Å². The molecule has 0 aromatic heterocycles. The molecule has 0 atom stereocenters. The molecule has 0 saturated carbocycles. The Morgan fingerprint density at radius 1 is 0.889 bits per heavy atom. The Morgan fingerprint density at radius 3 is 1.93 bits per heavy atom. The molecule has 0 radical (unpaired) electrons. The van der Waals surface area contributed by atoms with Crippen LogP contribution in [0.1, 0.15) is 21.9 Å². The Balaban J connectivity index is 1.75. The number of amides is 1. The zero-order valence-electron chi connectivity index (χ0n) is 14.8. The van der Waals surface area contributed by atoms with Gasteiger partial charge in [-0.3, -0.25) is 4.79 Å². The topological polar surface area (TPSA) is 29.1 Å². The van der Waals surface area contributed by atoms with Crippen LogP contribution in [-0.4, -0.2) is 11.7 Å². The molecule has 0 fully saturated rings. The number of hydrogen-bond acceptors (Lipinski definition) is 2. The van der Waals surface area contributed by atoms with Crippen LogP contribution in [0.25, 0.3) is 0 Å². The summed E-state index contributed by atoms with van der Waals surface area (Å²) in [5.41, 5.74) is 3.49. The molecule has 0 unspecified atom stereocenters. The third-order valence-corrected chi connectivity index (χ3v) is 5.45. The van der Waals surface area contributed by atoms with Gasteiger partial charge in [0.25, 0.3) is 0 Å². The Hall–Kier alpha value is -2.66. The van der Waals surface area contributed by atoms with Gasteiger partial charge in [-0.05, 0) is 53.9 Å². The minimum Gasteiger partial charge on any atom is -0.325 e. The fraction of sp³-hybridized carbons (Fsp3) is 0.136. The summed E-state index contributed by atoms with van der Waals surface area (Å²) < 4.78 is 26.6. The van der Waals surface area contributed by atoms with Gasteiger partial charge in [-0.1, -0.05) is 42.5 Å². The maximum absolute atomic E-state index is 13.3. The molecule has 0 aliphatic rings. The average Bonchev–Trinajstić information content (AvgIpc) is 2.66. The van der Waals surface area contributed by atoms with Crippen molar-refractivity contribution in [3.63, 3.8) is 0 Å². The van der Waals surface area contributed by atoms with Gasteiger partial charge in [0.15, 0.2) is 0 Å². The summed E-state index contributed by atoms with van der Waals surface area (Å²) >= 11 is 1.42. The molecule has 138 valence electrons. The van der Waals surface area contributed by atoms with Crippen LogP contribution in [0.4, 0.5) is 14.5 Å². The fourth-order valence-electron chi connectivity index (χ4n) is 2.72. The lowest BCUT2D eigenvalue weighted by atomic mass is 10.0. The highest BCUT2D eigenvalue weighted by Crippen LogP contribution is 2.36. The second-order valence-corrected chi connectivity index (χ2v) is 7.25. The van der Waals surface area contributed by atoms with Crippen LogP contribution in [0.15, 0.2) is 72.8 Å². The molecule has 5 heteroatoms. The molecule has 1 N–H and O–H groups in total. The van der Waals surface area contributed by atoms with E-state index in [-0.39, 0.29) is 28.5 Å². The van der Waals surface area contributed by atoms with Crippen molar-refractivity contribution in [3.05, 3.63) is 101 Å². The van der Waals surface area contributed by atoms with Crippen LogP contribution in [0, 0.1) is 18.6 Å². The number of aryl methyl sites for hydroxylation is 1. The van der Waals surface area contributed by atoms with E-state index in [1.165, 1.54) is 36.0 Å². The second-order valence-electron chi connectivity index (χ2n) is 6.16. The van der Waals surface area contributed by atoms with E-state index >= 15 is 0 Å². The van der Waals surface area contributed by atoms with Crippen molar-refractivity contribution in [1.82, 2.24) is 0 Å². The minimum absolute atomic E-state index is 0.122. The first-order valence-corrected chi connectivity index (χ1v) is 9.56. The van der Waals surface area contributed by atoms with Crippen LogP contribution < -0.4 is 5.32 Å². The van der Waals surface area contributed by atoms with E-state index in [2.05, 4.69) is 5.32 Å². The molecule has 0 saturated heterocycles. The zero-order chi connectivity index (χ0) is 19.2. The van der Waals surface area contributed by atoms with E-state index in [1.54, 1.807) is 24.3 Å². The summed E-state index contributed by atoms with van der Waals surface area (Å²) in [6.45, 7) is 1.93. The molecule has 0 bridgehead atoms. The molecular formula is C22H19F2NOS. The summed E-state index contributed by atoms with van der Waals surface area (Å²) in [6.07, 6.45) is 0. The van der Waals surface area contributed by atoms with E-state index in [4.69, 9.17) is 0 Å². The van der Waals surface area contributed by atoms with Gasteiger partial charge in [-0.15, -0.1) is 11.8 Å². The predicted octanol–water partition coefficient (Wildman–Crippen LogP) is 5.73. The third kappa shape index (κ3) is 5.17. The molecular weight excluding hydrogens is 364 g/mol. The molecule has 3 rings (SSSR count). The SMILES string of the molecule is Cc1ccccc1NC(=O)CSC(c1ccc(F)cc1)c1ccc(F)cc1. The summed E-state index contributed by atoms with van der Waals surface area (Å²) in [7, 11) is 0. The van der Waals surface area contributed by atoms with E-state index < -0.39 is 0 Å². The average molecular weight is 383 g/mol. The number of para-hydroxylation sites is 1. The maximum Gasteiger partial charge on any atom is 0.234 e. The van der Waals surface area contributed by atoms with Gasteiger partial charge in [0.05, 0.1) is 11.0 Å². The lowest BCUT2D eigenvalue weighted by molar-refractivity contribution is -0.113. The minimum atomic E-state index is -0.320. The van der Waals surface area contributed by atoms with Gasteiger partial charge in [0.1, 0.15) is 11.6 Å². The second kappa shape index (κ2) is 8.82. The first kappa shape index (κ1) is 19.1. The Bertz CT molecular complexity index is 865. The van der Waals surface area contributed by atoms with Crippen molar-refractivity contribution in [1.29, 1.82) is 0 Å². The highest BCUT2D eigenvalue weighted by atomic mass is 32.2. The van der Waals surface area contributed by atoms with Crippen molar-refractivity contribution in [2.45, 2.75) is 12.2 Å². The Morgan fingerprint density at radius 2 is 1.41 bits per heavy atom. The normalized spacial score (nSPS) is 10.8. The number of hydrogen-bond donors (Lipinski definition) is 1. The molecule has 0 aliphatic carbocycles. The van der Waals surface area contributed by atoms with Gasteiger partial charge in [-0.2, -0.15) is 0 Å². The van der Waals surface area contributed by atoms with Crippen molar-refractivity contribution in [3.8, 4) is 0 Å². The van der Waals surface area contributed by atoms with Gasteiger partial charge in [0, 0.05) is 5.69 Å². The largest absolute Gasteiger partial charge is 0.325 e. The van der Waals surface area contributed by atoms with Crippen molar-refractivity contribution < 1.29 is 13.6 Å². The number of halogens is 2. The van der Waals surface area contributed by atoms with Crippen LogP contribution >= 0.6 is 11.8 Å². The highest BCUT2D eigenvalue weighted by molar-refractivity contribution is 8.00. The van der Waals surface area contributed by atoms with Crippen LogP contribution in [-0.2, 0) is 4.79 Å². The number of thioether (sulfide) groups is 1. The summed E-state index contributed by atoms with van der Waals surface area (Å²) in [5.74, 6) is -0.547. The summed E-state index contributed by atoms with van der Waals surface area (Å²) in [6, 6.07) is 19.9. The standard InChI is InChI=1S/C22H19F2NOS/c1-15-4-2-3-5-20(15)25-21(26)14-27-22(16-6-10-18(23)11-7-16)17-8-12-19(24)13-9-17/h2-13,22H,14H2,1H3,(H,25,26). The molecule has 1 amide bonds. The van der Waals surface area contributed by atoms with Gasteiger partial charge >= 0.3 is 0 Å². The van der Waals surface area contributed by atoms with E-state index in [9.17, 15) is 13.6 Å². The summed E-state index contributed by atoms with van der Waals surface area (Å²) in [4.78, 5) is 12.4. The van der Waals surface area contributed by atoms with E-state index in [1.807, 2.05) is 31.2 Å². The molecule has 27 heavy (non-hydrogen) atoms. The zero-order valence-corrected chi connectivity index (χ0v) is 15.6. The molecule has 3 aromatic carbocycles. The lowest BCUT2D eigenvalue weighted by Crippen LogP contribution is -2.16. The number of carbonyl (C=O) groups excluding carboxylic acids is 1. The smallest absolute Gasteiger partial charge is 0.234 e. The third-order valence-electron chi connectivity index (χ3n) is 4.15. The van der Waals surface area contributed by atoms with Gasteiger partial charge in [-0.25, -0.2) is 8.78 Å². The van der Waals surface area contributed by atoms with Crippen molar-refractivity contribution in [2.75, 3.05) is 11.1 Å². The molecule has 2 nitrogen and oxygen atoms in total. The number of nitrogens with one attached hydrogen (secondary N) is 1. The fourth-order valence-corrected chi connectivity index (χ4v) is 3.81. The number of anilines is 1. The molecule has 0 aliphatic heterocycles. The molecule has 0 spiro atoms. The Labute approximate surface area is 161 Å². The van der Waals surface area contributed by atoms with Crippen molar-refractivity contribution >= 4 is 23.4 Å². The summed E-state index contributed by atoms with van der Waals surface area (Å²) in [5, 5.41) is 2.71. The first-order chi connectivity index (χ1) is 13.0. The maximum atomic E-state index is 13.3. The molecule has 0 heterocycles. The number of carbonyl (C=O) groups is 1. The van der Waals surface area contributed by atoms with Gasteiger partial charge in [0.2, 0.25) is 5.91 Å². The highest BCUT2D eigenvalue weighted by Gasteiger charge is 2.17. The number of rotatable bonds is 6. The van der Waals surface area contributed by atoms with Gasteiger partial charge < -0.3 is 5.32 Å². The Kier molecular flexibility index (Phi) is 6.24. The quantitative estimate of drug-likeness (QED) is 0.589. The lowest BCUT2D eigenvalue weighted by Gasteiger charge is -2.18. The predicted molar refractivity (Wildman–Crippen MR) is 107 cm³/mol. The van der Waals surface area contributed by atoms with Crippen LogP contribution in [0.2, 0.25) is 0 Å². The monoisotopic (exact) mass is 383 g/mol. The van der Waals surface area contributed by atoms with Crippen LogP contribution in [0.5, 0.6) is 0 Å². The first-order valence-electron chi connectivity index (χ1n) is 8.51. The van der Waals surface area contributed by atoms with E-state index in [0.717, 1.165) is 22.4 Å². The van der Waals surface area contributed by atoms with Crippen molar-refractivity contribution in [2.24, 2.45) is 0 Å².